The maximum atomic E-state index is 13.6. The molecule has 0 radical (unpaired) electrons. The molecule has 0 aliphatic carbocycles. The molecule has 7 nitrogen and oxygen atoms in total. The van der Waals surface area contributed by atoms with Gasteiger partial charge in [-0.15, -0.1) is 0 Å². The van der Waals surface area contributed by atoms with E-state index in [-0.39, 0.29) is 24.6 Å². The molecule has 2 heterocycles. The van der Waals surface area contributed by atoms with Crippen molar-refractivity contribution < 1.29 is 17.7 Å². The van der Waals surface area contributed by atoms with Gasteiger partial charge in [-0.3, -0.25) is 0 Å². The molecule has 9 heteroatoms. The second-order valence-electron chi connectivity index (χ2n) is 7.92. The number of nitrogens with zero attached hydrogens (tertiary/aromatic N) is 3. The van der Waals surface area contributed by atoms with Gasteiger partial charge >= 0.3 is 0 Å². The van der Waals surface area contributed by atoms with E-state index >= 15 is 0 Å². The Hall–Kier alpha value is -2.33. The summed E-state index contributed by atoms with van der Waals surface area (Å²) in [5, 5.41) is 4.39. The first-order chi connectivity index (χ1) is 16.0. The highest BCUT2D eigenvalue weighted by molar-refractivity contribution is 7.99. The number of thioether (sulfide) groups is 1. The Labute approximate surface area is 199 Å². The molecule has 1 aliphatic rings. The lowest BCUT2D eigenvalue weighted by molar-refractivity contribution is 0.177. The van der Waals surface area contributed by atoms with Gasteiger partial charge in [-0.2, -0.15) is 16.1 Å². The third-order valence-corrected chi connectivity index (χ3v) is 8.45. The highest BCUT2D eigenvalue weighted by Crippen LogP contribution is 2.34. The first-order valence-electron chi connectivity index (χ1n) is 10.9. The molecule has 3 aromatic rings. The second kappa shape index (κ2) is 10.7. The molecule has 0 atom stereocenters. The number of hydrogen-bond acceptors (Lipinski definition) is 7. The minimum absolute atomic E-state index is 0.145. The fourth-order valence-electron chi connectivity index (χ4n) is 3.79. The summed E-state index contributed by atoms with van der Waals surface area (Å²) in [5.74, 6) is 2.64. The van der Waals surface area contributed by atoms with E-state index in [1.165, 1.54) is 4.31 Å². The number of aromatic nitrogens is 1. The van der Waals surface area contributed by atoms with E-state index in [9.17, 15) is 8.42 Å². The van der Waals surface area contributed by atoms with Gasteiger partial charge in [0.1, 0.15) is 5.69 Å². The van der Waals surface area contributed by atoms with Crippen molar-refractivity contribution in [2.75, 3.05) is 49.8 Å². The lowest BCUT2D eigenvalue weighted by Gasteiger charge is -2.28. The number of ether oxygens (including phenoxy) is 1. The number of hydrogen-bond donors (Lipinski definition) is 0. The normalized spacial score (nSPS) is 14.7. The topological polar surface area (TPSA) is 75.9 Å². The van der Waals surface area contributed by atoms with Crippen molar-refractivity contribution >= 4 is 27.7 Å². The zero-order chi connectivity index (χ0) is 23.3. The Kier molecular flexibility index (Phi) is 7.75. The molecule has 1 fully saturated rings. The van der Waals surface area contributed by atoms with Crippen LogP contribution < -0.4 is 4.90 Å². The molecule has 0 unspecified atom stereocenters. The molecule has 0 amide bonds. The minimum Gasteiger partial charge on any atom is -0.383 e. The Morgan fingerprint density at radius 1 is 1.09 bits per heavy atom. The molecule has 0 spiro atoms. The van der Waals surface area contributed by atoms with E-state index in [4.69, 9.17) is 9.26 Å². The minimum atomic E-state index is -3.75. The van der Waals surface area contributed by atoms with Crippen LogP contribution in [0, 0.1) is 6.92 Å². The number of methoxy groups -OCH3 is 1. The second-order valence-corrected chi connectivity index (χ2v) is 11.1. The number of benzene rings is 2. The van der Waals surface area contributed by atoms with Crippen LogP contribution in [0.25, 0.3) is 11.3 Å². The van der Waals surface area contributed by atoms with E-state index in [2.05, 4.69) is 10.1 Å². The van der Waals surface area contributed by atoms with Crippen LogP contribution in [0.2, 0.25) is 0 Å². The van der Waals surface area contributed by atoms with Gasteiger partial charge in [-0.05, 0) is 19.1 Å². The molecule has 1 aliphatic heterocycles. The summed E-state index contributed by atoms with van der Waals surface area (Å²) in [7, 11) is -2.18. The van der Waals surface area contributed by atoms with Crippen molar-refractivity contribution in [1.82, 2.24) is 9.46 Å². The van der Waals surface area contributed by atoms with Gasteiger partial charge in [0.15, 0.2) is 0 Å². The summed E-state index contributed by atoms with van der Waals surface area (Å²) in [4.78, 5) is 2.43. The van der Waals surface area contributed by atoms with Crippen molar-refractivity contribution in [1.29, 1.82) is 0 Å². The molecule has 0 saturated carbocycles. The molecule has 1 aromatic heterocycles. The maximum Gasteiger partial charge on any atom is 0.243 e. The van der Waals surface area contributed by atoms with Crippen molar-refractivity contribution in [2.24, 2.45) is 0 Å². The van der Waals surface area contributed by atoms with Crippen LogP contribution in [0.5, 0.6) is 0 Å². The largest absolute Gasteiger partial charge is 0.383 e. The number of rotatable bonds is 9. The molecule has 1 saturated heterocycles. The van der Waals surface area contributed by atoms with Gasteiger partial charge in [0.2, 0.25) is 15.9 Å². The number of sulfonamides is 1. The van der Waals surface area contributed by atoms with Crippen LogP contribution in [-0.2, 0) is 21.3 Å². The molecule has 4 rings (SSSR count). The number of aryl methyl sites for hydroxylation is 1. The Balaban J connectivity index is 1.75. The quantitative estimate of drug-likeness (QED) is 0.451. The molecular formula is C24H29N3O4S2. The molecular weight excluding hydrogens is 458 g/mol. The standard InChI is InChI=1S/C24H29N3O4S2/c1-19-8-10-21(11-9-19)33(28,29)27(12-15-30-2)18-22-23(20-6-4-3-5-7-20)25-31-24(22)26-13-16-32-17-14-26/h3-11H,12-18H2,1-2H3. The van der Waals surface area contributed by atoms with Crippen LogP contribution in [0.1, 0.15) is 11.1 Å². The van der Waals surface area contributed by atoms with Crippen molar-refractivity contribution in [3.63, 3.8) is 0 Å². The van der Waals surface area contributed by atoms with Gasteiger partial charge in [-0.1, -0.05) is 53.2 Å². The first-order valence-corrected chi connectivity index (χ1v) is 13.5. The van der Waals surface area contributed by atoms with Crippen LogP contribution >= 0.6 is 11.8 Å². The lowest BCUT2D eigenvalue weighted by Crippen LogP contribution is -2.36. The fraction of sp³-hybridized carbons (Fsp3) is 0.375. The van der Waals surface area contributed by atoms with Crippen molar-refractivity contribution in [2.45, 2.75) is 18.4 Å². The summed E-state index contributed by atoms with van der Waals surface area (Å²) in [5.41, 5.74) is 3.35. The van der Waals surface area contributed by atoms with Crippen molar-refractivity contribution in [3.8, 4) is 11.3 Å². The Morgan fingerprint density at radius 2 is 1.79 bits per heavy atom. The van der Waals surface area contributed by atoms with Gasteiger partial charge in [0.25, 0.3) is 0 Å². The summed E-state index contributed by atoms with van der Waals surface area (Å²) in [6, 6.07) is 16.7. The third kappa shape index (κ3) is 5.43. The Bertz CT molecular complexity index is 1140. The first kappa shape index (κ1) is 23.8. The zero-order valence-electron chi connectivity index (χ0n) is 18.9. The predicted molar refractivity (Wildman–Crippen MR) is 132 cm³/mol. The van der Waals surface area contributed by atoms with Crippen LogP contribution in [-0.4, -0.2) is 62.7 Å². The van der Waals surface area contributed by atoms with Crippen LogP contribution in [0.3, 0.4) is 0 Å². The Morgan fingerprint density at radius 3 is 2.45 bits per heavy atom. The molecule has 0 N–H and O–H groups in total. The van der Waals surface area contributed by atoms with Gasteiger partial charge in [-0.25, -0.2) is 8.42 Å². The molecule has 2 aromatic carbocycles. The van der Waals surface area contributed by atoms with Gasteiger partial charge in [0, 0.05) is 50.4 Å². The maximum absolute atomic E-state index is 13.6. The fourth-order valence-corrected chi connectivity index (χ4v) is 6.09. The molecule has 0 bridgehead atoms. The van der Waals surface area contributed by atoms with Crippen LogP contribution in [0.4, 0.5) is 5.88 Å². The smallest absolute Gasteiger partial charge is 0.243 e. The average molecular weight is 488 g/mol. The van der Waals surface area contributed by atoms with E-state index in [0.717, 1.165) is 41.3 Å². The molecule has 33 heavy (non-hydrogen) atoms. The highest BCUT2D eigenvalue weighted by Gasteiger charge is 2.30. The van der Waals surface area contributed by atoms with Crippen molar-refractivity contribution in [3.05, 3.63) is 65.7 Å². The monoisotopic (exact) mass is 487 g/mol. The summed E-state index contributed by atoms with van der Waals surface area (Å²) in [6.45, 7) is 4.26. The highest BCUT2D eigenvalue weighted by atomic mass is 32.2. The predicted octanol–water partition coefficient (Wildman–Crippen LogP) is 4.04. The molecule has 176 valence electrons. The van der Waals surface area contributed by atoms with E-state index < -0.39 is 10.0 Å². The number of anilines is 1. The average Bonchev–Trinajstić information content (AvgIpc) is 3.26. The third-order valence-electron chi connectivity index (χ3n) is 5.65. The van der Waals surface area contributed by atoms with Crippen LogP contribution in [0.15, 0.2) is 64.0 Å². The SMILES string of the molecule is COCCN(Cc1c(-c2ccccc2)noc1N1CCSCC1)S(=O)(=O)c1ccc(C)cc1. The van der Waals surface area contributed by atoms with Gasteiger partial charge in [0.05, 0.1) is 17.1 Å². The lowest BCUT2D eigenvalue weighted by atomic mass is 10.1. The van der Waals surface area contributed by atoms with E-state index in [1.54, 1.807) is 19.2 Å². The van der Waals surface area contributed by atoms with E-state index in [1.807, 2.05) is 61.2 Å². The van der Waals surface area contributed by atoms with E-state index in [0.29, 0.717) is 11.6 Å². The van der Waals surface area contributed by atoms with Gasteiger partial charge < -0.3 is 14.2 Å². The summed E-state index contributed by atoms with van der Waals surface area (Å²) >= 11 is 1.90. The summed E-state index contributed by atoms with van der Waals surface area (Å²) < 4.78 is 39.8. The summed E-state index contributed by atoms with van der Waals surface area (Å²) in [6.07, 6.45) is 0. The zero-order valence-corrected chi connectivity index (χ0v) is 20.6.